The first-order valence-electron chi connectivity index (χ1n) is 6.69. The Kier molecular flexibility index (Phi) is 5.04. The first-order valence-corrected chi connectivity index (χ1v) is 6.69. The summed E-state index contributed by atoms with van der Waals surface area (Å²) in [7, 11) is 0. The number of aliphatic carboxylic acids is 1. The van der Waals surface area contributed by atoms with Gasteiger partial charge in [-0.05, 0) is 17.7 Å². The molecule has 106 valence electrons. The van der Waals surface area contributed by atoms with Gasteiger partial charge in [0.25, 0.3) is 0 Å². The van der Waals surface area contributed by atoms with Crippen molar-refractivity contribution in [3.8, 4) is 6.07 Å². The van der Waals surface area contributed by atoms with Crippen LogP contribution in [0.3, 0.4) is 0 Å². The summed E-state index contributed by atoms with van der Waals surface area (Å²) in [5.74, 6) is -0.742. The van der Waals surface area contributed by atoms with Crippen molar-refractivity contribution in [2.45, 2.75) is 13.0 Å². The van der Waals surface area contributed by atoms with Crippen LogP contribution in [0.4, 0.5) is 0 Å². The molecule has 6 nitrogen and oxygen atoms in total. The fourth-order valence-electron chi connectivity index (χ4n) is 2.32. The highest BCUT2D eigenvalue weighted by Gasteiger charge is 2.17. The van der Waals surface area contributed by atoms with Crippen LogP contribution in [0, 0.1) is 11.3 Å². The molecule has 1 aromatic rings. The molecule has 1 N–H and O–H groups in total. The number of carboxylic acids is 1. The van der Waals surface area contributed by atoms with Crippen molar-refractivity contribution in [2.24, 2.45) is 0 Å². The predicted octanol–water partition coefficient (Wildman–Crippen LogP) is 0.546. The molecule has 2 heterocycles. The van der Waals surface area contributed by atoms with Gasteiger partial charge in [0, 0.05) is 45.5 Å². The van der Waals surface area contributed by atoms with Gasteiger partial charge in [0.1, 0.15) is 11.8 Å². The molecule has 1 saturated heterocycles. The summed E-state index contributed by atoms with van der Waals surface area (Å²) in [6.45, 7) is 5.06. The third-order valence-corrected chi connectivity index (χ3v) is 3.45. The minimum Gasteiger partial charge on any atom is -0.481 e. The lowest BCUT2D eigenvalue weighted by Gasteiger charge is -2.34. The van der Waals surface area contributed by atoms with Crippen molar-refractivity contribution in [1.29, 1.82) is 5.26 Å². The number of rotatable bonds is 5. The highest BCUT2D eigenvalue weighted by atomic mass is 16.4. The van der Waals surface area contributed by atoms with E-state index in [0.717, 1.165) is 38.3 Å². The fourth-order valence-corrected chi connectivity index (χ4v) is 2.32. The van der Waals surface area contributed by atoms with E-state index in [-0.39, 0.29) is 6.42 Å². The summed E-state index contributed by atoms with van der Waals surface area (Å²) in [5.41, 5.74) is 1.54. The normalized spacial score (nSPS) is 16.8. The number of nitrogens with zero attached hydrogens (tertiary/aromatic N) is 4. The second-order valence-corrected chi connectivity index (χ2v) is 4.92. The van der Waals surface area contributed by atoms with E-state index in [1.54, 1.807) is 6.20 Å². The monoisotopic (exact) mass is 274 g/mol. The molecule has 6 heteroatoms. The number of hydrogen-bond acceptors (Lipinski definition) is 5. The highest BCUT2D eigenvalue weighted by Crippen LogP contribution is 2.09. The van der Waals surface area contributed by atoms with E-state index in [1.165, 1.54) is 0 Å². The zero-order valence-electron chi connectivity index (χ0n) is 11.3. The minimum absolute atomic E-state index is 0.204. The molecule has 1 aromatic heterocycles. The summed E-state index contributed by atoms with van der Waals surface area (Å²) in [6, 6.07) is 5.79. The Morgan fingerprint density at radius 1 is 1.35 bits per heavy atom. The van der Waals surface area contributed by atoms with Crippen molar-refractivity contribution in [1.82, 2.24) is 14.8 Å². The Bertz CT molecular complexity index is 504. The van der Waals surface area contributed by atoms with Crippen LogP contribution in [-0.2, 0) is 11.3 Å². The van der Waals surface area contributed by atoms with Gasteiger partial charge < -0.3 is 10.0 Å². The van der Waals surface area contributed by atoms with Gasteiger partial charge in [0.2, 0.25) is 0 Å². The maximum absolute atomic E-state index is 10.5. The Balaban J connectivity index is 1.79. The third kappa shape index (κ3) is 4.30. The minimum atomic E-state index is -0.742. The Morgan fingerprint density at radius 3 is 2.70 bits per heavy atom. The van der Waals surface area contributed by atoms with E-state index in [4.69, 9.17) is 10.4 Å². The van der Waals surface area contributed by atoms with Crippen LogP contribution in [0.2, 0.25) is 0 Å². The number of hydrogen-bond donors (Lipinski definition) is 1. The second kappa shape index (κ2) is 6.98. The van der Waals surface area contributed by atoms with Crippen LogP contribution in [0.15, 0.2) is 18.3 Å². The van der Waals surface area contributed by atoms with E-state index < -0.39 is 5.97 Å². The summed E-state index contributed by atoms with van der Waals surface area (Å²) in [5, 5.41) is 17.5. The lowest BCUT2D eigenvalue weighted by atomic mass is 10.2. The number of carbonyl (C=O) groups is 1. The van der Waals surface area contributed by atoms with Crippen molar-refractivity contribution in [2.75, 3.05) is 32.7 Å². The van der Waals surface area contributed by atoms with Crippen LogP contribution in [0.1, 0.15) is 17.7 Å². The van der Waals surface area contributed by atoms with Gasteiger partial charge >= 0.3 is 5.97 Å². The molecule has 0 aromatic carbocycles. The Morgan fingerprint density at radius 2 is 2.05 bits per heavy atom. The van der Waals surface area contributed by atoms with Gasteiger partial charge in [-0.15, -0.1) is 0 Å². The maximum Gasteiger partial charge on any atom is 0.304 e. The molecular weight excluding hydrogens is 256 g/mol. The van der Waals surface area contributed by atoms with Crippen LogP contribution < -0.4 is 0 Å². The van der Waals surface area contributed by atoms with E-state index >= 15 is 0 Å². The molecule has 1 aliphatic heterocycles. The molecule has 0 atom stereocenters. The van der Waals surface area contributed by atoms with Crippen molar-refractivity contribution >= 4 is 5.97 Å². The first kappa shape index (κ1) is 14.4. The number of aromatic nitrogens is 1. The fraction of sp³-hybridized carbons (Fsp3) is 0.500. The van der Waals surface area contributed by atoms with Crippen molar-refractivity contribution < 1.29 is 9.90 Å². The molecule has 0 radical (unpaired) electrons. The topological polar surface area (TPSA) is 80.5 Å². The summed E-state index contributed by atoms with van der Waals surface area (Å²) in [6.07, 6.45) is 1.87. The molecule has 1 fully saturated rings. The van der Waals surface area contributed by atoms with Gasteiger partial charge in [-0.1, -0.05) is 0 Å². The number of carboxylic acid groups (broad SMARTS) is 1. The van der Waals surface area contributed by atoms with Gasteiger partial charge in [-0.2, -0.15) is 5.26 Å². The second-order valence-electron chi connectivity index (χ2n) is 4.92. The highest BCUT2D eigenvalue weighted by molar-refractivity contribution is 5.66. The molecule has 0 unspecified atom stereocenters. The molecule has 0 aliphatic carbocycles. The molecule has 20 heavy (non-hydrogen) atoms. The Labute approximate surface area is 118 Å². The van der Waals surface area contributed by atoms with E-state index in [0.29, 0.717) is 12.2 Å². The van der Waals surface area contributed by atoms with Crippen LogP contribution in [0.25, 0.3) is 0 Å². The maximum atomic E-state index is 10.5. The van der Waals surface area contributed by atoms with Gasteiger partial charge in [-0.25, -0.2) is 4.98 Å². The molecule has 0 spiro atoms. The molecule has 0 bridgehead atoms. The molecule has 2 rings (SSSR count). The molecule has 0 amide bonds. The number of piperazine rings is 1. The average molecular weight is 274 g/mol. The molecular formula is C14H18N4O2. The Hall–Kier alpha value is -1.97. The molecule has 0 saturated carbocycles. The lowest BCUT2D eigenvalue weighted by molar-refractivity contribution is -0.137. The van der Waals surface area contributed by atoms with Gasteiger partial charge in [0.05, 0.1) is 6.42 Å². The van der Waals surface area contributed by atoms with Crippen LogP contribution in [0.5, 0.6) is 0 Å². The third-order valence-electron chi connectivity index (χ3n) is 3.45. The first-order chi connectivity index (χ1) is 9.67. The SMILES string of the molecule is N#Cc1cc(CN2CCN(CCC(=O)O)CC2)ccn1. The zero-order valence-corrected chi connectivity index (χ0v) is 11.3. The van der Waals surface area contributed by atoms with Gasteiger partial charge in [0.15, 0.2) is 0 Å². The van der Waals surface area contributed by atoms with Crippen molar-refractivity contribution in [3.05, 3.63) is 29.6 Å². The van der Waals surface area contributed by atoms with E-state index in [1.807, 2.05) is 18.2 Å². The zero-order chi connectivity index (χ0) is 14.4. The average Bonchev–Trinajstić information content (AvgIpc) is 2.47. The van der Waals surface area contributed by atoms with Crippen LogP contribution >= 0.6 is 0 Å². The van der Waals surface area contributed by atoms with Gasteiger partial charge in [-0.3, -0.25) is 9.69 Å². The quantitative estimate of drug-likeness (QED) is 0.844. The molecule has 1 aliphatic rings. The number of pyridine rings is 1. The smallest absolute Gasteiger partial charge is 0.304 e. The van der Waals surface area contributed by atoms with Crippen molar-refractivity contribution in [3.63, 3.8) is 0 Å². The summed E-state index contributed by atoms with van der Waals surface area (Å²) >= 11 is 0. The summed E-state index contributed by atoms with van der Waals surface area (Å²) in [4.78, 5) is 19.0. The number of nitriles is 1. The van der Waals surface area contributed by atoms with E-state index in [2.05, 4.69) is 14.8 Å². The predicted molar refractivity (Wildman–Crippen MR) is 72.9 cm³/mol. The van der Waals surface area contributed by atoms with Crippen LogP contribution in [-0.4, -0.2) is 58.6 Å². The lowest BCUT2D eigenvalue weighted by Crippen LogP contribution is -2.46. The summed E-state index contributed by atoms with van der Waals surface area (Å²) < 4.78 is 0. The largest absolute Gasteiger partial charge is 0.481 e. The van der Waals surface area contributed by atoms with E-state index in [9.17, 15) is 4.79 Å². The standard InChI is InChI=1S/C14H18N4O2/c15-10-13-9-12(1-3-16-13)11-18-7-5-17(6-8-18)4-2-14(19)20/h1,3,9H,2,4-8,11H2,(H,19,20).